The first-order chi connectivity index (χ1) is 9.06. The van der Waals surface area contributed by atoms with Crippen molar-refractivity contribution >= 4 is 18.3 Å². The van der Waals surface area contributed by atoms with Gasteiger partial charge >= 0.3 is 0 Å². The molecule has 2 saturated heterocycles. The van der Waals surface area contributed by atoms with Crippen molar-refractivity contribution < 1.29 is 9.53 Å². The smallest absolute Gasteiger partial charge is 0.242 e. The number of hydrogen-bond donors (Lipinski definition) is 1. The van der Waals surface area contributed by atoms with Crippen LogP contribution in [0.1, 0.15) is 46.5 Å². The molecule has 0 aromatic carbocycles. The highest BCUT2D eigenvalue weighted by Gasteiger charge is 2.37. The normalized spacial score (nSPS) is 34.5. The SMILES string of the molecule is CCCC1(C)CCCN(C(=O)[C@H]2NCCO[C@@H]2C)C1.Cl. The van der Waals surface area contributed by atoms with Crippen LogP contribution in [0.3, 0.4) is 0 Å². The van der Waals surface area contributed by atoms with Crippen LogP contribution in [-0.4, -0.2) is 49.2 Å². The van der Waals surface area contributed by atoms with Crippen LogP contribution >= 0.6 is 12.4 Å². The molecule has 4 nitrogen and oxygen atoms in total. The van der Waals surface area contributed by atoms with Gasteiger partial charge in [0.2, 0.25) is 5.91 Å². The molecule has 3 atom stereocenters. The summed E-state index contributed by atoms with van der Waals surface area (Å²) in [6, 6.07) is -0.155. The second-order valence-electron chi connectivity index (χ2n) is 6.43. The molecule has 1 unspecified atom stereocenters. The van der Waals surface area contributed by atoms with Crippen LogP contribution in [0.4, 0.5) is 0 Å². The summed E-state index contributed by atoms with van der Waals surface area (Å²) in [6.07, 6.45) is 4.76. The van der Waals surface area contributed by atoms with E-state index in [-0.39, 0.29) is 30.5 Å². The van der Waals surface area contributed by atoms with Crippen LogP contribution in [0.2, 0.25) is 0 Å². The van der Waals surface area contributed by atoms with Gasteiger partial charge in [0.15, 0.2) is 0 Å². The number of carbonyl (C=O) groups is 1. The minimum Gasteiger partial charge on any atom is -0.375 e. The van der Waals surface area contributed by atoms with Gasteiger partial charge in [-0.3, -0.25) is 4.79 Å². The van der Waals surface area contributed by atoms with Crippen molar-refractivity contribution in [3.8, 4) is 0 Å². The molecule has 0 aliphatic carbocycles. The number of carbonyl (C=O) groups excluding carboxylic acids is 1. The molecule has 0 saturated carbocycles. The molecule has 2 fully saturated rings. The lowest BCUT2D eigenvalue weighted by atomic mass is 9.78. The Labute approximate surface area is 129 Å². The quantitative estimate of drug-likeness (QED) is 0.869. The third-order valence-corrected chi connectivity index (χ3v) is 4.53. The summed E-state index contributed by atoms with van der Waals surface area (Å²) in [5, 5.41) is 3.31. The maximum absolute atomic E-state index is 12.6. The summed E-state index contributed by atoms with van der Waals surface area (Å²) in [6.45, 7) is 9.84. The summed E-state index contributed by atoms with van der Waals surface area (Å²) in [7, 11) is 0. The largest absolute Gasteiger partial charge is 0.375 e. The number of halogens is 1. The first kappa shape index (κ1) is 17.7. The van der Waals surface area contributed by atoms with Gasteiger partial charge in [-0.15, -0.1) is 12.4 Å². The summed E-state index contributed by atoms with van der Waals surface area (Å²) >= 11 is 0. The van der Waals surface area contributed by atoms with Gasteiger partial charge in [0, 0.05) is 19.6 Å². The van der Waals surface area contributed by atoms with E-state index in [0.717, 1.165) is 26.1 Å². The van der Waals surface area contributed by atoms with Gasteiger partial charge in [-0.2, -0.15) is 0 Å². The number of ether oxygens (including phenoxy) is 1. The van der Waals surface area contributed by atoms with E-state index in [4.69, 9.17) is 4.74 Å². The molecule has 2 aliphatic rings. The number of nitrogens with zero attached hydrogens (tertiary/aromatic N) is 1. The lowest BCUT2D eigenvalue weighted by molar-refractivity contribution is -0.142. The minimum absolute atomic E-state index is 0. The molecule has 20 heavy (non-hydrogen) atoms. The second kappa shape index (κ2) is 7.62. The highest BCUT2D eigenvalue weighted by molar-refractivity contribution is 5.85. The predicted molar refractivity (Wildman–Crippen MR) is 83.3 cm³/mol. The molecule has 0 bridgehead atoms. The number of likely N-dealkylation sites (tertiary alicyclic amines) is 1. The van der Waals surface area contributed by atoms with Gasteiger partial charge < -0.3 is 15.0 Å². The van der Waals surface area contributed by atoms with E-state index in [1.165, 1.54) is 19.3 Å². The number of piperidine rings is 1. The average molecular weight is 305 g/mol. The highest BCUT2D eigenvalue weighted by Crippen LogP contribution is 2.34. The molecule has 0 aromatic heterocycles. The Morgan fingerprint density at radius 1 is 1.50 bits per heavy atom. The maximum atomic E-state index is 12.6. The zero-order valence-electron chi connectivity index (χ0n) is 13.0. The zero-order valence-corrected chi connectivity index (χ0v) is 13.8. The van der Waals surface area contributed by atoms with Crippen molar-refractivity contribution in [1.82, 2.24) is 10.2 Å². The van der Waals surface area contributed by atoms with Crippen molar-refractivity contribution in [3.05, 3.63) is 0 Å². The molecule has 0 radical (unpaired) electrons. The minimum atomic E-state index is -0.155. The molecular formula is C15H29ClN2O2. The molecule has 2 rings (SSSR count). The van der Waals surface area contributed by atoms with Crippen molar-refractivity contribution in [1.29, 1.82) is 0 Å². The molecule has 0 spiro atoms. The first-order valence-electron chi connectivity index (χ1n) is 7.69. The molecule has 2 heterocycles. The van der Waals surface area contributed by atoms with Crippen LogP contribution < -0.4 is 5.32 Å². The molecule has 5 heteroatoms. The number of nitrogens with one attached hydrogen (secondary N) is 1. The number of hydrogen-bond acceptors (Lipinski definition) is 3. The monoisotopic (exact) mass is 304 g/mol. The van der Waals surface area contributed by atoms with E-state index in [1.807, 2.05) is 6.92 Å². The highest BCUT2D eigenvalue weighted by atomic mass is 35.5. The lowest BCUT2D eigenvalue weighted by Crippen LogP contribution is -2.58. The molecule has 1 amide bonds. The van der Waals surface area contributed by atoms with Crippen molar-refractivity contribution in [2.24, 2.45) is 5.41 Å². The van der Waals surface area contributed by atoms with Crippen molar-refractivity contribution in [2.75, 3.05) is 26.2 Å². The number of rotatable bonds is 3. The fourth-order valence-electron chi connectivity index (χ4n) is 3.52. The maximum Gasteiger partial charge on any atom is 0.242 e. The van der Waals surface area contributed by atoms with Crippen LogP contribution in [0, 0.1) is 5.41 Å². The van der Waals surface area contributed by atoms with E-state index in [0.29, 0.717) is 12.0 Å². The second-order valence-corrected chi connectivity index (χ2v) is 6.43. The molecule has 0 aromatic rings. The molecule has 118 valence electrons. The van der Waals surface area contributed by atoms with E-state index < -0.39 is 0 Å². The Kier molecular flexibility index (Phi) is 6.76. The first-order valence-corrected chi connectivity index (χ1v) is 7.69. The Balaban J connectivity index is 0.00000200. The van der Waals surface area contributed by atoms with E-state index in [1.54, 1.807) is 0 Å². The summed E-state index contributed by atoms with van der Waals surface area (Å²) in [4.78, 5) is 14.7. The van der Waals surface area contributed by atoms with Crippen molar-refractivity contribution in [2.45, 2.75) is 58.6 Å². The summed E-state index contributed by atoms with van der Waals surface area (Å²) in [5.74, 6) is 0.231. The van der Waals surface area contributed by atoms with Crippen molar-refractivity contribution in [3.63, 3.8) is 0 Å². The summed E-state index contributed by atoms with van der Waals surface area (Å²) in [5.41, 5.74) is 0.307. The number of amides is 1. The van der Waals surface area contributed by atoms with Gasteiger partial charge in [-0.05, 0) is 31.6 Å². The lowest BCUT2D eigenvalue weighted by Gasteiger charge is -2.43. The fourth-order valence-corrected chi connectivity index (χ4v) is 3.52. The molecule has 2 aliphatic heterocycles. The Hall–Kier alpha value is -0.320. The van der Waals surface area contributed by atoms with E-state index in [2.05, 4.69) is 24.1 Å². The van der Waals surface area contributed by atoms with Crippen LogP contribution in [0.25, 0.3) is 0 Å². The van der Waals surface area contributed by atoms with Gasteiger partial charge in [-0.1, -0.05) is 20.3 Å². The van der Waals surface area contributed by atoms with Gasteiger partial charge in [0.1, 0.15) is 6.04 Å². The fraction of sp³-hybridized carbons (Fsp3) is 0.933. The Bertz CT molecular complexity index is 323. The van der Waals surface area contributed by atoms with Crippen LogP contribution in [0.5, 0.6) is 0 Å². The van der Waals surface area contributed by atoms with E-state index >= 15 is 0 Å². The standard InChI is InChI=1S/C15H28N2O2.ClH/c1-4-6-15(3)7-5-9-17(11-15)14(18)13-12(2)19-10-8-16-13;/h12-13,16H,4-11H2,1-3H3;1H/t12-,13+,15?;/m1./s1. The Morgan fingerprint density at radius 3 is 2.90 bits per heavy atom. The Morgan fingerprint density at radius 2 is 2.25 bits per heavy atom. The third-order valence-electron chi connectivity index (χ3n) is 4.53. The van der Waals surface area contributed by atoms with Crippen LogP contribution in [-0.2, 0) is 9.53 Å². The van der Waals surface area contributed by atoms with Gasteiger partial charge in [0.05, 0.1) is 12.7 Å². The molecule has 1 N–H and O–H groups in total. The summed E-state index contributed by atoms with van der Waals surface area (Å²) < 4.78 is 5.59. The third kappa shape index (κ3) is 4.09. The van der Waals surface area contributed by atoms with Crippen LogP contribution in [0.15, 0.2) is 0 Å². The topological polar surface area (TPSA) is 41.6 Å². The predicted octanol–water partition coefficient (Wildman–Crippen LogP) is 2.21. The zero-order chi connectivity index (χ0) is 13.9. The van der Waals surface area contributed by atoms with Gasteiger partial charge in [0.25, 0.3) is 0 Å². The number of morpholine rings is 1. The van der Waals surface area contributed by atoms with Gasteiger partial charge in [-0.25, -0.2) is 0 Å². The average Bonchev–Trinajstić information content (AvgIpc) is 2.38. The molecular weight excluding hydrogens is 276 g/mol. The van der Waals surface area contributed by atoms with E-state index in [9.17, 15) is 4.79 Å².